The summed E-state index contributed by atoms with van der Waals surface area (Å²) in [5.74, 6) is 0.174. The standard InChI is InChI=1S/C11H23NO3S/c1-9(8-13)16-7-5-4-6-11(2,12-3)10(14)15/h9,12-13H,4-8H2,1-3H3,(H,14,15). The number of hydrogen-bond acceptors (Lipinski definition) is 4. The molecule has 0 aliphatic rings. The predicted octanol–water partition coefficient (Wildman–Crippen LogP) is 1.33. The molecule has 0 fully saturated rings. The van der Waals surface area contributed by atoms with Crippen LogP contribution in [0.15, 0.2) is 0 Å². The molecule has 0 aromatic carbocycles. The number of likely N-dealkylation sites (N-methyl/N-ethyl adjacent to an activating group) is 1. The maximum absolute atomic E-state index is 11.0. The minimum absolute atomic E-state index is 0.202. The molecule has 0 aromatic heterocycles. The van der Waals surface area contributed by atoms with Crippen molar-refractivity contribution in [3.8, 4) is 0 Å². The number of aliphatic carboxylic acids is 1. The second kappa shape index (κ2) is 7.92. The van der Waals surface area contributed by atoms with E-state index in [0.717, 1.165) is 18.6 Å². The van der Waals surface area contributed by atoms with Crippen molar-refractivity contribution in [2.45, 2.75) is 43.9 Å². The van der Waals surface area contributed by atoms with Gasteiger partial charge in [-0.2, -0.15) is 11.8 Å². The van der Waals surface area contributed by atoms with Crippen LogP contribution in [0.5, 0.6) is 0 Å². The number of carbonyl (C=O) groups is 1. The number of hydrogen-bond donors (Lipinski definition) is 3. The van der Waals surface area contributed by atoms with Gasteiger partial charge < -0.3 is 15.5 Å². The van der Waals surface area contributed by atoms with Crippen molar-refractivity contribution in [1.29, 1.82) is 0 Å². The second-order valence-electron chi connectivity index (χ2n) is 4.21. The Kier molecular flexibility index (Phi) is 7.80. The van der Waals surface area contributed by atoms with Crippen LogP contribution >= 0.6 is 11.8 Å². The van der Waals surface area contributed by atoms with Crippen molar-refractivity contribution in [2.75, 3.05) is 19.4 Å². The highest BCUT2D eigenvalue weighted by molar-refractivity contribution is 7.99. The van der Waals surface area contributed by atoms with Crippen molar-refractivity contribution >= 4 is 17.7 Å². The third-order valence-electron chi connectivity index (χ3n) is 2.75. The summed E-state index contributed by atoms with van der Waals surface area (Å²) < 4.78 is 0. The van der Waals surface area contributed by atoms with Crippen LogP contribution < -0.4 is 5.32 Å². The highest BCUT2D eigenvalue weighted by Gasteiger charge is 2.29. The van der Waals surface area contributed by atoms with E-state index in [2.05, 4.69) is 5.32 Å². The number of unbranched alkanes of at least 4 members (excludes halogenated alkanes) is 1. The average Bonchev–Trinajstić information content (AvgIpc) is 2.27. The minimum Gasteiger partial charge on any atom is -0.480 e. The van der Waals surface area contributed by atoms with Gasteiger partial charge >= 0.3 is 5.97 Å². The van der Waals surface area contributed by atoms with Gasteiger partial charge in [0.05, 0.1) is 6.61 Å². The van der Waals surface area contributed by atoms with E-state index in [1.807, 2.05) is 6.92 Å². The molecule has 0 bridgehead atoms. The first-order valence-electron chi connectivity index (χ1n) is 5.61. The topological polar surface area (TPSA) is 69.6 Å². The lowest BCUT2D eigenvalue weighted by Gasteiger charge is -2.23. The second-order valence-corrected chi connectivity index (χ2v) is 5.75. The zero-order valence-electron chi connectivity index (χ0n) is 10.3. The van der Waals surface area contributed by atoms with Crippen molar-refractivity contribution in [3.63, 3.8) is 0 Å². The molecule has 0 radical (unpaired) electrons. The van der Waals surface area contributed by atoms with Gasteiger partial charge in [0.2, 0.25) is 0 Å². The summed E-state index contributed by atoms with van der Waals surface area (Å²) in [5, 5.41) is 21.0. The van der Waals surface area contributed by atoms with E-state index in [1.54, 1.807) is 25.7 Å². The first-order valence-corrected chi connectivity index (χ1v) is 6.66. The van der Waals surface area contributed by atoms with E-state index in [-0.39, 0.29) is 11.9 Å². The van der Waals surface area contributed by atoms with Gasteiger partial charge in [-0.15, -0.1) is 0 Å². The summed E-state index contributed by atoms with van der Waals surface area (Å²) in [6, 6.07) is 0. The Labute approximate surface area is 102 Å². The van der Waals surface area contributed by atoms with E-state index >= 15 is 0 Å². The fraction of sp³-hybridized carbons (Fsp3) is 0.909. The van der Waals surface area contributed by atoms with Gasteiger partial charge in [-0.1, -0.05) is 13.3 Å². The largest absolute Gasteiger partial charge is 0.480 e. The molecule has 4 nitrogen and oxygen atoms in total. The summed E-state index contributed by atoms with van der Waals surface area (Å²) in [4.78, 5) is 11.0. The number of carboxylic acids is 1. The normalized spacial score (nSPS) is 16.8. The fourth-order valence-electron chi connectivity index (χ4n) is 1.26. The number of nitrogens with one attached hydrogen (secondary N) is 1. The molecule has 0 saturated carbocycles. The Hall–Kier alpha value is -0.260. The highest BCUT2D eigenvalue weighted by atomic mass is 32.2. The molecule has 0 amide bonds. The smallest absolute Gasteiger partial charge is 0.323 e. The molecular weight excluding hydrogens is 226 g/mol. The SMILES string of the molecule is CNC(C)(CCCCSC(C)CO)C(=O)O. The summed E-state index contributed by atoms with van der Waals surface area (Å²) in [5.41, 5.74) is -0.812. The van der Waals surface area contributed by atoms with E-state index < -0.39 is 11.5 Å². The minimum atomic E-state index is -0.812. The quantitative estimate of drug-likeness (QED) is 0.538. The van der Waals surface area contributed by atoms with Crippen LogP contribution in [0, 0.1) is 0 Å². The Bertz CT molecular complexity index is 213. The van der Waals surface area contributed by atoms with Crippen molar-refractivity contribution < 1.29 is 15.0 Å². The highest BCUT2D eigenvalue weighted by Crippen LogP contribution is 2.17. The van der Waals surface area contributed by atoms with Gasteiger partial charge in [0.15, 0.2) is 0 Å². The van der Waals surface area contributed by atoms with E-state index in [1.165, 1.54) is 0 Å². The molecule has 5 heteroatoms. The Balaban J connectivity index is 3.68. The molecular formula is C11H23NO3S. The molecule has 2 unspecified atom stereocenters. The molecule has 16 heavy (non-hydrogen) atoms. The molecule has 96 valence electrons. The lowest BCUT2D eigenvalue weighted by molar-refractivity contribution is -0.144. The van der Waals surface area contributed by atoms with Crippen LogP contribution in [0.25, 0.3) is 0 Å². The fourth-order valence-corrected chi connectivity index (χ4v) is 2.14. The van der Waals surface area contributed by atoms with E-state index in [9.17, 15) is 4.79 Å². The Morgan fingerprint density at radius 3 is 2.56 bits per heavy atom. The molecule has 0 spiro atoms. The van der Waals surface area contributed by atoms with Gasteiger partial charge in [0.1, 0.15) is 5.54 Å². The average molecular weight is 249 g/mol. The van der Waals surface area contributed by atoms with Gasteiger partial charge in [-0.05, 0) is 32.6 Å². The number of aliphatic hydroxyl groups excluding tert-OH is 1. The van der Waals surface area contributed by atoms with E-state index in [4.69, 9.17) is 10.2 Å². The molecule has 2 atom stereocenters. The van der Waals surface area contributed by atoms with Crippen LogP contribution in [0.4, 0.5) is 0 Å². The lowest BCUT2D eigenvalue weighted by Crippen LogP contribution is -2.47. The number of carboxylic acid groups (broad SMARTS) is 1. The molecule has 0 aromatic rings. The molecule has 0 aliphatic heterocycles. The number of rotatable bonds is 9. The van der Waals surface area contributed by atoms with Gasteiger partial charge in [0.25, 0.3) is 0 Å². The zero-order valence-corrected chi connectivity index (χ0v) is 11.1. The zero-order chi connectivity index (χ0) is 12.6. The number of aliphatic hydroxyl groups is 1. The molecule has 0 saturated heterocycles. The van der Waals surface area contributed by atoms with Crippen LogP contribution in [-0.4, -0.2) is 46.4 Å². The van der Waals surface area contributed by atoms with Crippen molar-refractivity contribution in [2.24, 2.45) is 0 Å². The molecule has 0 heterocycles. The molecule has 3 N–H and O–H groups in total. The van der Waals surface area contributed by atoms with Crippen LogP contribution in [0.2, 0.25) is 0 Å². The maximum Gasteiger partial charge on any atom is 0.323 e. The summed E-state index contributed by atoms with van der Waals surface area (Å²) in [6.45, 7) is 3.90. The van der Waals surface area contributed by atoms with Gasteiger partial charge in [-0.25, -0.2) is 0 Å². The molecule has 0 aliphatic carbocycles. The van der Waals surface area contributed by atoms with E-state index in [0.29, 0.717) is 6.42 Å². The van der Waals surface area contributed by atoms with Gasteiger partial charge in [-0.3, -0.25) is 4.79 Å². The first kappa shape index (κ1) is 15.7. The summed E-state index contributed by atoms with van der Waals surface area (Å²) >= 11 is 1.73. The number of thioether (sulfide) groups is 1. The first-order chi connectivity index (χ1) is 7.46. The third-order valence-corrected chi connectivity index (χ3v) is 4.00. The Morgan fingerprint density at radius 2 is 2.12 bits per heavy atom. The van der Waals surface area contributed by atoms with Crippen LogP contribution in [-0.2, 0) is 4.79 Å². The summed E-state index contributed by atoms with van der Waals surface area (Å²) in [6.07, 6.45) is 2.50. The Morgan fingerprint density at radius 1 is 1.50 bits per heavy atom. The lowest BCUT2D eigenvalue weighted by atomic mass is 9.95. The van der Waals surface area contributed by atoms with Gasteiger partial charge in [0, 0.05) is 5.25 Å². The molecule has 0 rings (SSSR count). The third kappa shape index (κ3) is 5.72. The van der Waals surface area contributed by atoms with Crippen molar-refractivity contribution in [3.05, 3.63) is 0 Å². The van der Waals surface area contributed by atoms with Crippen molar-refractivity contribution in [1.82, 2.24) is 5.32 Å². The maximum atomic E-state index is 11.0. The van der Waals surface area contributed by atoms with Crippen LogP contribution in [0.3, 0.4) is 0 Å². The predicted molar refractivity (Wildman–Crippen MR) is 68.0 cm³/mol. The van der Waals surface area contributed by atoms with Crippen LogP contribution in [0.1, 0.15) is 33.1 Å². The monoisotopic (exact) mass is 249 g/mol. The summed E-state index contributed by atoms with van der Waals surface area (Å²) in [7, 11) is 1.68.